The Kier molecular flexibility index (Phi) is 3.22. The van der Waals surface area contributed by atoms with Gasteiger partial charge in [0.05, 0.1) is 11.3 Å². The Balaban J connectivity index is 1.78. The second-order valence-electron chi connectivity index (χ2n) is 5.32. The maximum absolute atomic E-state index is 12.2. The van der Waals surface area contributed by atoms with E-state index in [1.54, 1.807) is 6.20 Å². The lowest BCUT2D eigenvalue weighted by molar-refractivity contribution is 0.102. The topological polar surface area (TPSA) is 54.9 Å². The summed E-state index contributed by atoms with van der Waals surface area (Å²) in [4.78, 5) is 21.0. The molecule has 0 bridgehead atoms. The van der Waals surface area contributed by atoms with Crippen molar-refractivity contribution in [3.8, 4) is 0 Å². The molecule has 0 spiro atoms. The zero-order valence-corrected chi connectivity index (χ0v) is 11.7. The number of aryl methyl sites for hydroxylation is 2. The van der Waals surface area contributed by atoms with Gasteiger partial charge in [-0.05, 0) is 38.8 Å². The van der Waals surface area contributed by atoms with Crippen LogP contribution in [0.2, 0.25) is 0 Å². The molecule has 20 heavy (non-hydrogen) atoms. The van der Waals surface area contributed by atoms with Gasteiger partial charge in [0.25, 0.3) is 5.91 Å². The second kappa shape index (κ2) is 5.04. The van der Waals surface area contributed by atoms with Crippen molar-refractivity contribution >= 4 is 11.6 Å². The van der Waals surface area contributed by atoms with Crippen molar-refractivity contribution in [2.75, 3.05) is 5.32 Å². The van der Waals surface area contributed by atoms with Crippen molar-refractivity contribution in [3.63, 3.8) is 0 Å². The van der Waals surface area contributed by atoms with Crippen molar-refractivity contribution in [2.45, 2.75) is 32.6 Å². The Morgan fingerprint density at radius 2 is 1.90 bits per heavy atom. The summed E-state index contributed by atoms with van der Waals surface area (Å²) in [6.45, 7) is 3.87. The lowest BCUT2D eigenvalue weighted by Gasteiger charge is -2.08. The van der Waals surface area contributed by atoms with Gasteiger partial charge in [-0.25, -0.2) is 9.97 Å². The molecule has 0 saturated heterocycles. The number of nitrogens with zero attached hydrogens (tertiary/aromatic N) is 2. The van der Waals surface area contributed by atoms with Crippen LogP contribution in [0, 0.1) is 13.8 Å². The lowest BCUT2D eigenvalue weighted by Crippen LogP contribution is -2.15. The van der Waals surface area contributed by atoms with E-state index in [0.717, 1.165) is 35.6 Å². The minimum absolute atomic E-state index is 0.159. The third kappa shape index (κ3) is 2.69. The molecule has 102 valence electrons. The first-order valence-electron chi connectivity index (χ1n) is 6.85. The standard InChI is InChI=1S/C16H17N3O/c1-10-3-7-13(8-4-10)19-16(20)14-9-17-15(12-5-6-12)18-11(14)2/h3-4,7-9,12H,5-6H2,1-2H3,(H,19,20). The van der Waals surface area contributed by atoms with Gasteiger partial charge in [0.2, 0.25) is 0 Å². The minimum Gasteiger partial charge on any atom is -0.322 e. The molecule has 4 nitrogen and oxygen atoms in total. The van der Waals surface area contributed by atoms with E-state index in [-0.39, 0.29) is 5.91 Å². The van der Waals surface area contributed by atoms with Gasteiger partial charge < -0.3 is 5.32 Å². The van der Waals surface area contributed by atoms with E-state index in [4.69, 9.17) is 0 Å². The molecular weight excluding hydrogens is 250 g/mol. The number of carbonyl (C=O) groups is 1. The summed E-state index contributed by atoms with van der Waals surface area (Å²) >= 11 is 0. The van der Waals surface area contributed by atoms with Crippen molar-refractivity contribution in [1.82, 2.24) is 9.97 Å². The van der Waals surface area contributed by atoms with Crippen LogP contribution in [0.4, 0.5) is 5.69 Å². The quantitative estimate of drug-likeness (QED) is 0.929. The maximum atomic E-state index is 12.2. The zero-order valence-electron chi connectivity index (χ0n) is 11.7. The highest BCUT2D eigenvalue weighted by molar-refractivity contribution is 6.04. The average Bonchev–Trinajstić information content (AvgIpc) is 3.25. The number of hydrogen-bond acceptors (Lipinski definition) is 3. The van der Waals surface area contributed by atoms with E-state index >= 15 is 0 Å². The molecule has 0 atom stereocenters. The number of amides is 1. The van der Waals surface area contributed by atoms with Crippen LogP contribution in [0.1, 0.15) is 46.2 Å². The highest BCUT2D eigenvalue weighted by atomic mass is 16.1. The number of rotatable bonds is 3. The third-order valence-corrected chi connectivity index (χ3v) is 3.49. The minimum atomic E-state index is -0.159. The summed E-state index contributed by atoms with van der Waals surface area (Å²) in [7, 11) is 0. The van der Waals surface area contributed by atoms with Crippen molar-refractivity contribution in [3.05, 3.63) is 53.1 Å². The number of hydrogen-bond donors (Lipinski definition) is 1. The van der Waals surface area contributed by atoms with Crippen LogP contribution in [0.5, 0.6) is 0 Å². The van der Waals surface area contributed by atoms with Crippen LogP contribution in [0.25, 0.3) is 0 Å². The molecule has 1 aromatic heterocycles. The molecule has 1 aromatic carbocycles. The van der Waals surface area contributed by atoms with Gasteiger partial charge in [-0.3, -0.25) is 4.79 Å². The van der Waals surface area contributed by atoms with E-state index in [9.17, 15) is 4.79 Å². The van der Waals surface area contributed by atoms with E-state index in [2.05, 4.69) is 15.3 Å². The van der Waals surface area contributed by atoms with Crippen molar-refractivity contribution in [2.24, 2.45) is 0 Å². The summed E-state index contributed by atoms with van der Waals surface area (Å²) in [5.74, 6) is 1.21. The highest BCUT2D eigenvalue weighted by Crippen LogP contribution is 2.37. The van der Waals surface area contributed by atoms with Crippen molar-refractivity contribution in [1.29, 1.82) is 0 Å². The first-order chi connectivity index (χ1) is 9.63. The lowest BCUT2D eigenvalue weighted by atomic mass is 10.2. The smallest absolute Gasteiger partial charge is 0.259 e. The van der Waals surface area contributed by atoms with Crippen LogP contribution < -0.4 is 5.32 Å². The Hall–Kier alpha value is -2.23. The Morgan fingerprint density at radius 1 is 1.20 bits per heavy atom. The molecule has 1 N–H and O–H groups in total. The fourth-order valence-corrected chi connectivity index (χ4v) is 2.08. The monoisotopic (exact) mass is 267 g/mol. The van der Waals surface area contributed by atoms with Crippen molar-refractivity contribution < 1.29 is 4.79 Å². The first-order valence-corrected chi connectivity index (χ1v) is 6.85. The average molecular weight is 267 g/mol. The van der Waals surface area contributed by atoms with Gasteiger partial charge in [0.15, 0.2) is 0 Å². The number of carbonyl (C=O) groups excluding carboxylic acids is 1. The predicted molar refractivity (Wildman–Crippen MR) is 77.9 cm³/mol. The molecule has 1 aliphatic carbocycles. The van der Waals surface area contributed by atoms with Gasteiger partial charge >= 0.3 is 0 Å². The SMILES string of the molecule is Cc1ccc(NC(=O)c2cnc(C3CC3)nc2C)cc1. The number of nitrogens with one attached hydrogen (secondary N) is 1. The van der Waals surface area contributed by atoms with Gasteiger partial charge in [-0.2, -0.15) is 0 Å². The fraction of sp³-hybridized carbons (Fsp3) is 0.312. The van der Waals surface area contributed by atoms with E-state index < -0.39 is 0 Å². The van der Waals surface area contributed by atoms with Gasteiger partial charge in [-0.1, -0.05) is 17.7 Å². The third-order valence-electron chi connectivity index (χ3n) is 3.49. The molecule has 1 heterocycles. The van der Waals surface area contributed by atoms with E-state index in [1.807, 2.05) is 38.1 Å². The largest absolute Gasteiger partial charge is 0.322 e. The molecule has 3 rings (SSSR count). The van der Waals surface area contributed by atoms with Crippen LogP contribution in [0.3, 0.4) is 0 Å². The Morgan fingerprint density at radius 3 is 2.50 bits per heavy atom. The molecule has 0 unspecified atom stereocenters. The Bertz CT molecular complexity index is 645. The van der Waals surface area contributed by atoms with Gasteiger partial charge in [0, 0.05) is 17.8 Å². The summed E-state index contributed by atoms with van der Waals surface area (Å²) < 4.78 is 0. The number of anilines is 1. The molecule has 0 radical (unpaired) electrons. The number of aromatic nitrogens is 2. The summed E-state index contributed by atoms with van der Waals surface area (Å²) in [5, 5.41) is 2.87. The Labute approximate surface area is 118 Å². The summed E-state index contributed by atoms with van der Waals surface area (Å²) in [6, 6.07) is 7.72. The first kappa shape index (κ1) is 12.8. The molecule has 1 fully saturated rings. The van der Waals surface area contributed by atoms with Gasteiger partial charge in [-0.15, -0.1) is 0 Å². The molecule has 1 aliphatic rings. The molecule has 4 heteroatoms. The van der Waals surface area contributed by atoms with Gasteiger partial charge in [0.1, 0.15) is 5.82 Å². The zero-order chi connectivity index (χ0) is 14.1. The van der Waals surface area contributed by atoms with Crippen LogP contribution in [0.15, 0.2) is 30.5 Å². The summed E-state index contributed by atoms with van der Waals surface area (Å²) in [5.41, 5.74) is 3.23. The maximum Gasteiger partial charge on any atom is 0.259 e. The number of benzene rings is 1. The highest BCUT2D eigenvalue weighted by Gasteiger charge is 2.27. The van der Waals surface area contributed by atoms with Crippen LogP contribution >= 0.6 is 0 Å². The fourth-order valence-electron chi connectivity index (χ4n) is 2.08. The second-order valence-corrected chi connectivity index (χ2v) is 5.32. The summed E-state index contributed by atoms with van der Waals surface area (Å²) in [6.07, 6.45) is 3.96. The molecule has 1 saturated carbocycles. The van der Waals surface area contributed by atoms with Crippen LogP contribution in [-0.2, 0) is 0 Å². The molecule has 1 amide bonds. The predicted octanol–water partition coefficient (Wildman–Crippen LogP) is 3.22. The van der Waals surface area contributed by atoms with Crippen LogP contribution in [-0.4, -0.2) is 15.9 Å². The van der Waals surface area contributed by atoms with E-state index in [0.29, 0.717) is 11.5 Å². The van der Waals surface area contributed by atoms with E-state index in [1.165, 1.54) is 0 Å². The normalized spacial score (nSPS) is 14.1. The molecular formula is C16H17N3O. The molecule has 2 aromatic rings. The molecule has 0 aliphatic heterocycles.